The molecule has 0 unspecified atom stereocenters. The van der Waals surface area contributed by atoms with Crippen LogP contribution in [0.5, 0.6) is 0 Å². The third-order valence-electron chi connectivity index (χ3n) is 2.67. The first kappa shape index (κ1) is 14.6. The Morgan fingerprint density at radius 2 is 2.05 bits per heavy atom. The van der Waals surface area contributed by atoms with Crippen LogP contribution >= 0.6 is 0 Å². The van der Waals surface area contributed by atoms with Crippen LogP contribution in [-0.2, 0) is 0 Å². The van der Waals surface area contributed by atoms with Crippen molar-refractivity contribution < 1.29 is 4.92 Å². The molecular formula is C13H16N6O2. The summed E-state index contributed by atoms with van der Waals surface area (Å²) in [6, 6.07) is 6.23. The van der Waals surface area contributed by atoms with Crippen LogP contribution in [0.1, 0.15) is 6.92 Å². The third-order valence-corrected chi connectivity index (χ3v) is 2.67. The van der Waals surface area contributed by atoms with Crippen molar-refractivity contribution in [2.45, 2.75) is 6.92 Å². The Labute approximate surface area is 122 Å². The summed E-state index contributed by atoms with van der Waals surface area (Å²) in [6.45, 7) is 2.61. The average Bonchev–Trinajstić information content (AvgIpc) is 2.47. The van der Waals surface area contributed by atoms with Crippen molar-refractivity contribution in [3.63, 3.8) is 0 Å². The minimum atomic E-state index is -0.442. The van der Waals surface area contributed by atoms with E-state index in [1.54, 1.807) is 17.0 Å². The van der Waals surface area contributed by atoms with E-state index in [2.05, 4.69) is 20.3 Å². The van der Waals surface area contributed by atoms with Crippen molar-refractivity contribution >= 4 is 17.6 Å². The quantitative estimate of drug-likeness (QED) is 0.663. The highest BCUT2D eigenvalue weighted by Crippen LogP contribution is 2.23. The van der Waals surface area contributed by atoms with Gasteiger partial charge in [-0.3, -0.25) is 10.1 Å². The zero-order valence-electron chi connectivity index (χ0n) is 12.1. The smallest absolute Gasteiger partial charge is 0.270 e. The Kier molecular flexibility index (Phi) is 4.27. The van der Waals surface area contributed by atoms with Gasteiger partial charge in [-0.2, -0.15) is 15.0 Å². The molecule has 0 aliphatic heterocycles. The van der Waals surface area contributed by atoms with E-state index in [-0.39, 0.29) is 5.69 Å². The molecule has 21 heavy (non-hydrogen) atoms. The number of benzene rings is 1. The first-order valence-electron chi connectivity index (χ1n) is 6.43. The molecule has 0 fully saturated rings. The van der Waals surface area contributed by atoms with Crippen molar-refractivity contribution in [3.05, 3.63) is 34.4 Å². The van der Waals surface area contributed by atoms with Gasteiger partial charge in [0.15, 0.2) is 5.82 Å². The predicted octanol–water partition coefficient (Wildman–Crippen LogP) is 1.94. The molecule has 1 aromatic heterocycles. The van der Waals surface area contributed by atoms with E-state index in [4.69, 9.17) is 0 Å². The van der Waals surface area contributed by atoms with Crippen molar-refractivity contribution in [3.8, 4) is 11.4 Å². The van der Waals surface area contributed by atoms with Crippen molar-refractivity contribution in [2.75, 3.05) is 30.9 Å². The highest BCUT2D eigenvalue weighted by molar-refractivity contribution is 5.61. The summed E-state index contributed by atoms with van der Waals surface area (Å²) in [7, 11) is 3.64. The third kappa shape index (κ3) is 3.41. The monoisotopic (exact) mass is 288 g/mol. The fraction of sp³-hybridized carbons (Fsp3) is 0.308. The summed E-state index contributed by atoms with van der Waals surface area (Å²) in [5, 5.41) is 13.9. The molecule has 0 aliphatic carbocycles. The Bertz CT molecular complexity index is 659. The molecule has 0 atom stereocenters. The summed E-state index contributed by atoms with van der Waals surface area (Å²) < 4.78 is 0. The standard InChI is InChI=1S/C13H16N6O2/c1-4-14-12-15-11(16-13(17-12)18(2)3)9-6-5-7-10(8-9)19(20)21/h5-8H,4H2,1-3H3,(H,14,15,16,17). The highest BCUT2D eigenvalue weighted by Gasteiger charge is 2.12. The minimum Gasteiger partial charge on any atom is -0.354 e. The van der Waals surface area contributed by atoms with Gasteiger partial charge >= 0.3 is 0 Å². The lowest BCUT2D eigenvalue weighted by atomic mass is 10.2. The number of aromatic nitrogens is 3. The molecule has 1 heterocycles. The number of anilines is 2. The Balaban J connectivity index is 2.51. The molecule has 1 aromatic carbocycles. The van der Waals surface area contributed by atoms with Crippen LogP contribution in [0.25, 0.3) is 11.4 Å². The average molecular weight is 288 g/mol. The molecule has 0 amide bonds. The molecule has 0 saturated carbocycles. The van der Waals surface area contributed by atoms with Crippen LogP contribution in [0.15, 0.2) is 24.3 Å². The summed E-state index contributed by atoms with van der Waals surface area (Å²) >= 11 is 0. The van der Waals surface area contributed by atoms with E-state index in [0.29, 0.717) is 29.8 Å². The van der Waals surface area contributed by atoms with Gasteiger partial charge < -0.3 is 10.2 Å². The van der Waals surface area contributed by atoms with Gasteiger partial charge in [0.25, 0.3) is 5.69 Å². The topological polar surface area (TPSA) is 97.1 Å². The summed E-state index contributed by atoms with van der Waals surface area (Å²) in [5.74, 6) is 1.33. The number of hydrogen-bond acceptors (Lipinski definition) is 7. The molecule has 0 bridgehead atoms. The van der Waals surface area contributed by atoms with E-state index in [9.17, 15) is 10.1 Å². The lowest BCUT2D eigenvalue weighted by Gasteiger charge is -2.13. The lowest BCUT2D eigenvalue weighted by Crippen LogP contribution is -2.15. The molecule has 2 aromatic rings. The number of nitrogens with one attached hydrogen (secondary N) is 1. The van der Waals surface area contributed by atoms with Gasteiger partial charge in [0.05, 0.1) is 4.92 Å². The molecule has 110 valence electrons. The van der Waals surface area contributed by atoms with Gasteiger partial charge in [-0.25, -0.2) is 0 Å². The Hall–Kier alpha value is -2.77. The van der Waals surface area contributed by atoms with Crippen LogP contribution in [0.4, 0.5) is 17.6 Å². The van der Waals surface area contributed by atoms with E-state index in [1.165, 1.54) is 12.1 Å². The minimum absolute atomic E-state index is 0.00400. The van der Waals surface area contributed by atoms with Crippen LogP contribution in [0.2, 0.25) is 0 Å². The SMILES string of the molecule is CCNc1nc(-c2cccc([N+](=O)[O-])c2)nc(N(C)C)n1. The first-order chi connectivity index (χ1) is 10.0. The van der Waals surface area contributed by atoms with Gasteiger partial charge in [-0.15, -0.1) is 0 Å². The first-order valence-corrected chi connectivity index (χ1v) is 6.43. The summed E-state index contributed by atoms with van der Waals surface area (Å²) in [6.07, 6.45) is 0. The molecule has 0 aliphatic rings. The second-order valence-electron chi connectivity index (χ2n) is 4.51. The van der Waals surface area contributed by atoms with Crippen molar-refractivity contribution in [1.29, 1.82) is 0 Å². The van der Waals surface area contributed by atoms with E-state index in [1.807, 2.05) is 21.0 Å². The van der Waals surface area contributed by atoms with E-state index >= 15 is 0 Å². The van der Waals surface area contributed by atoms with Crippen LogP contribution in [-0.4, -0.2) is 40.5 Å². The molecule has 8 nitrogen and oxygen atoms in total. The lowest BCUT2D eigenvalue weighted by molar-refractivity contribution is -0.384. The molecule has 0 saturated heterocycles. The van der Waals surface area contributed by atoms with Gasteiger partial charge in [-0.05, 0) is 6.92 Å². The molecule has 8 heteroatoms. The van der Waals surface area contributed by atoms with Gasteiger partial charge in [0.1, 0.15) is 0 Å². The number of rotatable bonds is 5. The van der Waals surface area contributed by atoms with Gasteiger partial charge in [0.2, 0.25) is 11.9 Å². The number of nitrogens with zero attached hydrogens (tertiary/aromatic N) is 5. The zero-order valence-corrected chi connectivity index (χ0v) is 12.1. The number of hydrogen-bond donors (Lipinski definition) is 1. The van der Waals surface area contributed by atoms with Crippen LogP contribution < -0.4 is 10.2 Å². The number of nitro groups is 1. The number of nitro benzene ring substituents is 1. The maximum absolute atomic E-state index is 10.9. The second-order valence-corrected chi connectivity index (χ2v) is 4.51. The highest BCUT2D eigenvalue weighted by atomic mass is 16.6. The molecule has 2 rings (SSSR count). The van der Waals surface area contributed by atoms with Gasteiger partial charge in [-0.1, -0.05) is 12.1 Å². The normalized spacial score (nSPS) is 10.2. The fourth-order valence-electron chi connectivity index (χ4n) is 1.69. The van der Waals surface area contributed by atoms with Crippen molar-refractivity contribution in [2.24, 2.45) is 0 Å². The molecule has 0 radical (unpaired) electrons. The maximum atomic E-state index is 10.9. The van der Waals surface area contributed by atoms with Crippen LogP contribution in [0.3, 0.4) is 0 Å². The Morgan fingerprint density at radius 3 is 2.67 bits per heavy atom. The Morgan fingerprint density at radius 1 is 1.29 bits per heavy atom. The fourth-order valence-corrected chi connectivity index (χ4v) is 1.69. The zero-order chi connectivity index (χ0) is 15.4. The van der Waals surface area contributed by atoms with E-state index < -0.39 is 4.92 Å². The number of non-ortho nitro benzene ring substituents is 1. The second kappa shape index (κ2) is 6.12. The molecule has 1 N–H and O–H groups in total. The van der Waals surface area contributed by atoms with Crippen LogP contribution in [0, 0.1) is 10.1 Å². The summed E-state index contributed by atoms with van der Waals surface area (Å²) in [4.78, 5) is 25.1. The molecule has 0 spiro atoms. The largest absolute Gasteiger partial charge is 0.354 e. The predicted molar refractivity (Wildman–Crippen MR) is 80.4 cm³/mol. The maximum Gasteiger partial charge on any atom is 0.270 e. The van der Waals surface area contributed by atoms with Gasteiger partial charge in [0, 0.05) is 38.3 Å². The van der Waals surface area contributed by atoms with E-state index in [0.717, 1.165) is 0 Å². The summed E-state index contributed by atoms with van der Waals surface area (Å²) in [5.41, 5.74) is 0.582. The molecular weight excluding hydrogens is 272 g/mol. The van der Waals surface area contributed by atoms with Crippen molar-refractivity contribution in [1.82, 2.24) is 15.0 Å².